The summed E-state index contributed by atoms with van der Waals surface area (Å²) in [6.07, 6.45) is 1.93. The molecule has 0 N–H and O–H groups in total. The third kappa shape index (κ3) is 4.98. The first-order valence-electron chi connectivity index (χ1n) is 18.8. The largest absolute Gasteiger partial charge is 0.457 e. The molecular weight excluding hydrogens is 721 g/mol. The Hall–Kier alpha value is -6.80. The van der Waals surface area contributed by atoms with Gasteiger partial charge in [0.2, 0.25) is 0 Å². The molecule has 0 spiro atoms. The Morgan fingerprint density at radius 3 is 2.09 bits per heavy atom. The lowest BCUT2D eigenvalue weighted by atomic mass is 10.1. The molecule has 4 heterocycles. The Bertz CT molecular complexity index is 3060. The summed E-state index contributed by atoms with van der Waals surface area (Å²) in [4.78, 5) is 12.5. The fourth-order valence-corrected chi connectivity index (χ4v) is 14.9. The van der Waals surface area contributed by atoms with Crippen LogP contribution < -0.4 is 30.4 Å². The molecule has 0 unspecified atom stereocenters. The second-order valence-electron chi connectivity index (χ2n) is 14.3. The summed E-state index contributed by atoms with van der Waals surface area (Å²) in [5.74, 6) is 3.33. The third-order valence-electron chi connectivity index (χ3n) is 11.1. The summed E-state index contributed by atoms with van der Waals surface area (Å²) in [6, 6.07) is 65.2. The number of imidazole rings is 1. The number of thiophene rings is 1. The van der Waals surface area contributed by atoms with Crippen molar-refractivity contribution in [3.8, 4) is 22.9 Å². The Labute approximate surface area is 329 Å². The van der Waals surface area contributed by atoms with Gasteiger partial charge in [-0.1, -0.05) is 121 Å². The van der Waals surface area contributed by atoms with E-state index in [1.807, 2.05) is 47.9 Å². The molecule has 56 heavy (non-hydrogen) atoms. The molecular formula is C49H34N4OSSi. The fraction of sp³-hybridized carbons (Fsp3) is 0.0204. The van der Waals surface area contributed by atoms with Crippen LogP contribution in [0.15, 0.2) is 188 Å². The molecule has 0 radical (unpaired) electrons. The molecule has 10 aromatic rings. The molecule has 266 valence electrons. The molecule has 1 aliphatic rings. The van der Waals surface area contributed by atoms with E-state index < -0.39 is 8.07 Å². The van der Waals surface area contributed by atoms with E-state index in [-0.39, 0.29) is 0 Å². The lowest BCUT2D eigenvalue weighted by molar-refractivity contribution is 0.483. The van der Waals surface area contributed by atoms with E-state index in [1.54, 1.807) is 0 Å². The van der Waals surface area contributed by atoms with Crippen LogP contribution in [0, 0.1) is 0 Å². The molecule has 7 heteroatoms. The van der Waals surface area contributed by atoms with Gasteiger partial charge in [-0.05, 0) is 75.3 Å². The number of aromatic nitrogens is 3. The van der Waals surface area contributed by atoms with Crippen molar-refractivity contribution in [3.05, 3.63) is 188 Å². The Morgan fingerprint density at radius 2 is 1.29 bits per heavy atom. The SMILES string of the molecule is Cn1c(-c2cccc(Oc3cccc(N4c5cc6sc7ccccc7c6cc5[Si](c5ccccc5)(c5ccccc5)c5cccnc54)c3)c2)nc2ccccc21. The van der Waals surface area contributed by atoms with Gasteiger partial charge >= 0.3 is 0 Å². The van der Waals surface area contributed by atoms with E-state index in [4.69, 9.17) is 14.7 Å². The number of para-hydroxylation sites is 2. The zero-order valence-electron chi connectivity index (χ0n) is 30.5. The van der Waals surface area contributed by atoms with Gasteiger partial charge in [0.05, 0.1) is 16.7 Å². The summed E-state index contributed by atoms with van der Waals surface area (Å²) < 4.78 is 11.4. The van der Waals surface area contributed by atoms with Gasteiger partial charge in [-0.15, -0.1) is 11.3 Å². The van der Waals surface area contributed by atoms with E-state index in [0.717, 1.165) is 51.1 Å². The van der Waals surface area contributed by atoms with Gasteiger partial charge in [-0.25, -0.2) is 9.97 Å². The lowest BCUT2D eigenvalue weighted by Gasteiger charge is -2.44. The number of pyridine rings is 1. The average molecular weight is 755 g/mol. The normalized spacial score (nSPS) is 13.2. The second-order valence-corrected chi connectivity index (χ2v) is 19.1. The van der Waals surface area contributed by atoms with E-state index in [1.165, 1.54) is 40.9 Å². The zero-order chi connectivity index (χ0) is 37.2. The molecule has 0 atom stereocenters. The molecule has 11 rings (SSSR count). The number of ether oxygens (including phenoxy) is 1. The van der Waals surface area contributed by atoms with Crippen molar-refractivity contribution in [1.82, 2.24) is 14.5 Å². The molecule has 3 aromatic heterocycles. The first-order chi connectivity index (χ1) is 27.7. The first-order valence-corrected chi connectivity index (χ1v) is 21.6. The second kappa shape index (κ2) is 12.9. The van der Waals surface area contributed by atoms with Gasteiger partial charge in [0.15, 0.2) is 8.07 Å². The maximum absolute atomic E-state index is 6.68. The van der Waals surface area contributed by atoms with Crippen LogP contribution in [0.2, 0.25) is 0 Å². The molecule has 1 aliphatic heterocycles. The predicted octanol–water partition coefficient (Wildman–Crippen LogP) is 9.96. The number of hydrogen-bond donors (Lipinski definition) is 0. The van der Waals surface area contributed by atoms with Gasteiger partial charge in [-0.3, -0.25) is 4.90 Å². The number of nitrogens with zero attached hydrogens (tertiary/aromatic N) is 4. The number of benzene rings is 7. The van der Waals surface area contributed by atoms with Crippen molar-refractivity contribution < 1.29 is 4.74 Å². The average Bonchev–Trinajstić information content (AvgIpc) is 3.79. The van der Waals surface area contributed by atoms with Crippen molar-refractivity contribution in [2.75, 3.05) is 4.90 Å². The van der Waals surface area contributed by atoms with Crippen LogP contribution >= 0.6 is 11.3 Å². The molecule has 0 fully saturated rings. The highest BCUT2D eigenvalue weighted by Crippen LogP contribution is 2.43. The number of hydrogen-bond acceptors (Lipinski definition) is 5. The van der Waals surface area contributed by atoms with Gasteiger partial charge < -0.3 is 9.30 Å². The quantitative estimate of drug-likeness (QED) is 0.159. The van der Waals surface area contributed by atoms with E-state index >= 15 is 0 Å². The van der Waals surface area contributed by atoms with Crippen LogP contribution in [0.3, 0.4) is 0 Å². The highest BCUT2D eigenvalue weighted by atomic mass is 32.1. The van der Waals surface area contributed by atoms with Crippen LogP contribution in [0.4, 0.5) is 17.2 Å². The topological polar surface area (TPSA) is 43.2 Å². The van der Waals surface area contributed by atoms with Crippen molar-refractivity contribution in [1.29, 1.82) is 0 Å². The molecule has 5 nitrogen and oxygen atoms in total. The van der Waals surface area contributed by atoms with E-state index in [0.29, 0.717) is 0 Å². The molecule has 0 aliphatic carbocycles. The minimum Gasteiger partial charge on any atom is -0.457 e. The number of rotatable bonds is 6. The van der Waals surface area contributed by atoms with Crippen LogP contribution in [0.5, 0.6) is 11.5 Å². The highest BCUT2D eigenvalue weighted by molar-refractivity contribution is 7.26. The Balaban J connectivity index is 1.10. The molecule has 0 bridgehead atoms. The minimum atomic E-state index is -2.90. The number of fused-ring (bicyclic) bond motifs is 6. The van der Waals surface area contributed by atoms with Gasteiger partial charge in [0.25, 0.3) is 0 Å². The summed E-state index contributed by atoms with van der Waals surface area (Å²) in [7, 11) is -0.839. The highest BCUT2D eigenvalue weighted by Gasteiger charge is 2.49. The van der Waals surface area contributed by atoms with Crippen LogP contribution in [-0.4, -0.2) is 22.6 Å². The maximum atomic E-state index is 6.68. The van der Waals surface area contributed by atoms with Crippen LogP contribution in [0.25, 0.3) is 42.6 Å². The van der Waals surface area contributed by atoms with E-state index in [9.17, 15) is 0 Å². The monoisotopic (exact) mass is 754 g/mol. The summed E-state index contributed by atoms with van der Waals surface area (Å²) in [5, 5.41) is 7.84. The first kappa shape index (κ1) is 32.6. The standard InChI is InChI=1S/C49H34N4OSSi/c1-52-42-25-10-9-24-41(42)51-48(52)33-15-12-17-35(29-33)54-36-18-13-16-34(30-36)53-43-32-45-40(39-23-8-11-26-44(39)55-45)31-47(43)56(37-19-4-2-5-20-37,38-21-6-3-7-22-38)46-27-14-28-50-49(46)53/h2-32H,1H3. The maximum Gasteiger partial charge on any atom is 0.186 e. The third-order valence-corrected chi connectivity index (χ3v) is 17.1. The Kier molecular flexibility index (Phi) is 7.52. The van der Waals surface area contributed by atoms with Crippen LogP contribution in [0.1, 0.15) is 0 Å². The molecule has 0 saturated carbocycles. The van der Waals surface area contributed by atoms with E-state index in [2.05, 4.69) is 168 Å². The zero-order valence-corrected chi connectivity index (χ0v) is 32.3. The van der Waals surface area contributed by atoms with Crippen LogP contribution in [-0.2, 0) is 7.05 Å². The molecule has 7 aromatic carbocycles. The van der Waals surface area contributed by atoms with Gasteiger partial charge in [0, 0.05) is 50.7 Å². The Morgan fingerprint density at radius 1 is 0.571 bits per heavy atom. The minimum absolute atomic E-state index is 0.742. The number of anilines is 3. The van der Waals surface area contributed by atoms with Crippen molar-refractivity contribution >= 4 is 88.6 Å². The van der Waals surface area contributed by atoms with Crippen molar-refractivity contribution in [3.63, 3.8) is 0 Å². The summed E-state index contributed by atoms with van der Waals surface area (Å²) in [5.41, 5.74) is 5.20. The number of aryl methyl sites for hydroxylation is 1. The summed E-state index contributed by atoms with van der Waals surface area (Å²) in [6.45, 7) is 0. The summed E-state index contributed by atoms with van der Waals surface area (Å²) >= 11 is 1.85. The smallest absolute Gasteiger partial charge is 0.186 e. The molecule has 0 saturated heterocycles. The van der Waals surface area contributed by atoms with Gasteiger partial charge in [0.1, 0.15) is 23.1 Å². The lowest BCUT2D eigenvalue weighted by Crippen LogP contribution is -2.77. The molecule has 0 amide bonds. The van der Waals surface area contributed by atoms with Crippen molar-refractivity contribution in [2.45, 2.75) is 0 Å². The van der Waals surface area contributed by atoms with Gasteiger partial charge in [-0.2, -0.15) is 0 Å². The predicted molar refractivity (Wildman–Crippen MR) is 235 cm³/mol. The van der Waals surface area contributed by atoms with Crippen molar-refractivity contribution in [2.24, 2.45) is 7.05 Å². The fourth-order valence-electron chi connectivity index (χ4n) is 8.72.